The van der Waals surface area contributed by atoms with Crippen LogP contribution in [0, 0.1) is 25.8 Å². The average molecular weight is 770 g/mol. The van der Waals surface area contributed by atoms with Crippen molar-refractivity contribution >= 4 is 28.2 Å². The fourth-order valence-electron chi connectivity index (χ4n) is 5.24. The van der Waals surface area contributed by atoms with E-state index in [0.29, 0.717) is 34.2 Å². The molecule has 7 heteroatoms. The quantitative estimate of drug-likeness (QED) is 0.163. The molecule has 0 aliphatic carbocycles. The van der Waals surface area contributed by atoms with Crippen LogP contribution in [0.5, 0.6) is 23.0 Å². The van der Waals surface area contributed by atoms with E-state index in [4.69, 9.17) is 22.1 Å². The summed E-state index contributed by atoms with van der Waals surface area (Å²) >= 11 is 0. The summed E-state index contributed by atoms with van der Waals surface area (Å²) in [6, 6.07) is 39.1. The molecule has 0 fully saturated rings. The number of ether oxygens (including phenoxy) is 2. The van der Waals surface area contributed by atoms with Gasteiger partial charge in [0, 0.05) is 40.2 Å². The number of nitrogens with zero attached hydrogens (tertiary/aromatic N) is 3. The summed E-state index contributed by atoms with van der Waals surface area (Å²) in [5, 5.41) is 0. The van der Waals surface area contributed by atoms with Crippen molar-refractivity contribution in [1.29, 1.82) is 0 Å². The first-order valence-corrected chi connectivity index (χ1v) is 13.8. The van der Waals surface area contributed by atoms with Gasteiger partial charge in [0.1, 0.15) is 22.9 Å². The zero-order chi connectivity index (χ0) is 34.6. The maximum Gasteiger partial charge on any atom is 0.155 e. The Bertz CT molecular complexity index is 2290. The van der Waals surface area contributed by atoms with Gasteiger partial charge in [0.15, 0.2) is 11.5 Å². The third-order valence-corrected chi connectivity index (χ3v) is 7.25. The van der Waals surface area contributed by atoms with Crippen LogP contribution in [0.1, 0.15) is 19.4 Å². The summed E-state index contributed by atoms with van der Waals surface area (Å²) in [4.78, 5) is 10.9. The van der Waals surface area contributed by atoms with E-state index >= 15 is 0 Å². The smallest absolute Gasteiger partial charge is 0.155 e. The molecular formula is C38H25IrN3O3-2. The number of benzene rings is 5. The van der Waals surface area contributed by atoms with Crippen LogP contribution >= 0.6 is 0 Å². The van der Waals surface area contributed by atoms with Crippen molar-refractivity contribution in [3.63, 3.8) is 0 Å². The number of oxazole rings is 1. The molecule has 0 saturated carbocycles. The van der Waals surface area contributed by atoms with Gasteiger partial charge in [-0.2, -0.15) is 0 Å². The van der Waals surface area contributed by atoms with Crippen molar-refractivity contribution in [2.75, 3.05) is 4.90 Å². The normalized spacial score (nSPS) is 14.4. The van der Waals surface area contributed by atoms with Crippen molar-refractivity contribution in [1.82, 2.24) is 9.97 Å². The molecule has 221 valence electrons. The SMILES string of the molecule is [2H]C([2H])([2H])c1c[c-]c(-c2ccc(C([2H])([2H])[2H])cn2)cc1.[Ir].[c-]1ccc2c(c1-c1nc3ccccc3o1)Oc1cccc3c1N2c1ccccc1O3. The van der Waals surface area contributed by atoms with E-state index in [1.165, 1.54) is 24.4 Å². The van der Waals surface area contributed by atoms with E-state index in [1.807, 2.05) is 78.9 Å². The number of para-hydroxylation sites is 5. The molecule has 2 aliphatic heterocycles. The molecule has 0 spiro atoms. The van der Waals surface area contributed by atoms with Crippen LogP contribution in [0.3, 0.4) is 0 Å². The molecule has 2 aromatic heterocycles. The molecular weight excluding hydrogens is 739 g/mol. The van der Waals surface area contributed by atoms with E-state index < -0.39 is 13.7 Å². The largest absolute Gasteiger partial charge is 0.497 e. The van der Waals surface area contributed by atoms with Crippen LogP contribution in [0.15, 0.2) is 120 Å². The van der Waals surface area contributed by atoms with Crippen molar-refractivity contribution in [2.45, 2.75) is 13.7 Å². The Kier molecular flexibility index (Phi) is 5.80. The van der Waals surface area contributed by atoms with Crippen LogP contribution in [-0.2, 0) is 20.1 Å². The summed E-state index contributed by atoms with van der Waals surface area (Å²) in [6.07, 6.45) is 1.30. The topological polar surface area (TPSA) is 60.6 Å². The summed E-state index contributed by atoms with van der Waals surface area (Å²) in [6.45, 7) is -4.34. The number of pyridine rings is 1. The van der Waals surface area contributed by atoms with Gasteiger partial charge in [-0.05, 0) is 60.1 Å². The standard InChI is InChI=1S/C25H13N2O3.C13H12N.Ir/c1-3-11-19-16(8-1)26-25(30-19)15-7-5-10-18-24(15)29-22-14-6-13-21-23(22)27(18)17-9-2-4-12-20(17)28-21;1-10-3-6-12(7-4-10)13-8-5-11(2)9-14-13;/h1-6,8-14H;3-6,8-9H,1-2H3;/q2*-1;/i;1D3,2D3;. The first-order valence-electron chi connectivity index (χ1n) is 16.8. The van der Waals surface area contributed by atoms with Crippen LogP contribution in [0.2, 0.25) is 0 Å². The number of aromatic nitrogens is 2. The minimum absolute atomic E-state index is 0. The Labute approximate surface area is 282 Å². The van der Waals surface area contributed by atoms with Crippen molar-refractivity contribution in [3.05, 3.63) is 139 Å². The monoisotopic (exact) mass is 770 g/mol. The third-order valence-electron chi connectivity index (χ3n) is 7.25. The zero-order valence-corrected chi connectivity index (χ0v) is 25.8. The summed E-state index contributed by atoms with van der Waals surface area (Å²) in [7, 11) is 0. The molecule has 45 heavy (non-hydrogen) atoms. The van der Waals surface area contributed by atoms with E-state index in [9.17, 15) is 0 Å². The van der Waals surface area contributed by atoms with Gasteiger partial charge in [0.25, 0.3) is 0 Å². The molecule has 6 nitrogen and oxygen atoms in total. The Morgan fingerprint density at radius 1 is 0.733 bits per heavy atom. The molecule has 1 radical (unpaired) electrons. The fourth-order valence-corrected chi connectivity index (χ4v) is 5.24. The van der Waals surface area contributed by atoms with Gasteiger partial charge in [-0.15, -0.1) is 53.6 Å². The van der Waals surface area contributed by atoms with Gasteiger partial charge in [-0.25, -0.2) is 0 Å². The average Bonchev–Trinajstić information content (AvgIpc) is 3.55. The first kappa shape index (κ1) is 22.3. The second-order valence-electron chi connectivity index (χ2n) is 10.1. The molecule has 4 heterocycles. The van der Waals surface area contributed by atoms with Crippen LogP contribution in [-0.4, -0.2) is 9.97 Å². The number of anilines is 3. The second kappa shape index (κ2) is 11.7. The molecule has 0 saturated heterocycles. The van der Waals surface area contributed by atoms with Gasteiger partial charge in [0.05, 0.1) is 17.0 Å². The Balaban J connectivity index is 0.000000170. The Morgan fingerprint density at radius 2 is 1.53 bits per heavy atom. The van der Waals surface area contributed by atoms with Crippen LogP contribution in [0.25, 0.3) is 33.8 Å². The molecule has 0 bridgehead atoms. The first-order chi connectivity index (χ1) is 24.0. The van der Waals surface area contributed by atoms with Gasteiger partial charge < -0.3 is 23.8 Å². The molecule has 0 N–H and O–H groups in total. The number of rotatable bonds is 2. The van der Waals surface area contributed by atoms with Crippen molar-refractivity contribution < 1.29 is 42.2 Å². The van der Waals surface area contributed by atoms with E-state index in [2.05, 4.69) is 27.0 Å². The number of aryl methyl sites for hydroxylation is 2. The van der Waals surface area contributed by atoms with Crippen LogP contribution < -0.4 is 14.4 Å². The van der Waals surface area contributed by atoms with Gasteiger partial charge >= 0.3 is 0 Å². The second-order valence-corrected chi connectivity index (χ2v) is 10.1. The molecule has 9 rings (SSSR count). The number of hydrogen-bond donors (Lipinski definition) is 0. The van der Waals surface area contributed by atoms with E-state index in [0.717, 1.165) is 39.7 Å². The molecule has 0 amide bonds. The predicted octanol–water partition coefficient (Wildman–Crippen LogP) is 10.1. The number of hydrogen-bond acceptors (Lipinski definition) is 6. The van der Waals surface area contributed by atoms with E-state index in [-0.39, 0.29) is 31.2 Å². The molecule has 0 unspecified atom stereocenters. The third kappa shape index (κ3) is 5.16. The summed E-state index contributed by atoms with van der Waals surface area (Å²) in [5.41, 5.74) is 6.49. The van der Waals surface area contributed by atoms with E-state index in [1.54, 1.807) is 12.1 Å². The van der Waals surface area contributed by atoms with Crippen molar-refractivity contribution in [2.24, 2.45) is 0 Å². The predicted molar refractivity (Wildman–Crippen MR) is 171 cm³/mol. The zero-order valence-electron chi connectivity index (χ0n) is 29.4. The Hall–Kier alpha value is -5.23. The summed E-state index contributed by atoms with van der Waals surface area (Å²) < 4.78 is 62.2. The van der Waals surface area contributed by atoms with Crippen LogP contribution in [0.4, 0.5) is 17.1 Å². The van der Waals surface area contributed by atoms with Crippen molar-refractivity contribution in [3.8, 4) is 45.7 Å². The van der Waals surface area contributed by atoms with Gasteiger partial charge in [0.2, 0.25) is 0 Å². The maximum absolute atomic E-state index is 7.28. The maximum atomic E-state index is 7.28. The molecule has 2 aliphatic rings. The Morgan fingerprint density at radius 3 is 2.33 bits per heavy atom. The minimum atomic E-state index is -2.18. The molecule has 7 aromatic rings. The fraction of sp³-hybridized carbons (Fsp3) is 0.0526. The summed E-state index contributed by atoms with van der Waals surface area (Å²) in [5.74, 6) is 3.41. The van der Waals surface area contributed by atoms with Gasteiger partial charge in [-0.1, -0.05) is 49.3 Å². The number of fused-ring (bicyclic) bond motifs is 5. The molecule has 5 aromatic carbocycles. The molecule has 0 atom stereocenters. The van der Waals surface area contributed by atoms with Gasteiger partial charge in [-0.3, -0.25) is 4.98 Å². The minimum Gasteiger partial charge on any atom is -0.497 e.